The van der Waals surface area contributed by atoms with Gasteiger partial charge in [-0.2, -0.15) is 0 Å². The molecule has 20 N–H and O–H groups in total. The lowest BCUT2D eigenvalue weighted by molar-refractivity contribution is -0.393. The third kappa shape index (κ3) is 12.5. The fraction of sp³-hybridized carbons (Fsp3) is 1.00. The molecule has 0 aromatic carbocycles. The van der Waals surface area contributed by atoms with E-state index >= 15 is 0 Å². The fourth-order valence-electron chi connectivity index (χ4n) is 8.85. The molecule has 0 bridgehead atoms. The van der Waals surface area contributed by atoms with Crippen LogP contribution in [-0.2, 0) is 61.6 Å². The van der Waals surface area contributed by atoms with Gasteiger partial charge in [0.25, 0.3) is 0 Å². The molecule has 0 saturated carbocycles. The predicted octanol–water partition coefficient (Wildman–Crippen LogP) is -14.4. The maximum atomic E-state index is 11.7. The summed E-state index contributed by atoms with van der Waals surface area (Å²) >= 11 is 0. The first-order chi connectivity index (χ1) is 34.0. The zero-order valence-electron chi connectivity index (χ0n) is 37.7. The van der Waals surface area contributed by atoms with Crippen LogP contribution in [-0.4, -0.2) is 345 Å². The zero-order chi connectivity index (χ0) is 52.6. The Balaban J connectivity index is 1.11. The molecule has 0 aromatic rings. The van der Waals surface area contributed by atoms with Crippen LogP contribution in [0.4, 0.5) is 0 Å². The first-order valence-corrected chi connectivity index (χ1v) is 22.9. The van der Waals surface area contributed by atoms with Gasteiger partial charge >= 0.3 is 0 Å². The molecule has 33 heteroatoms. The highest BCUT2D eigenvalue weighted by molar-refractivity contribution is 4.99. The average molecular weight is 1060 g/mol. The molecule has 7 fully saturated rings. The topological polar surface area (TPSA) is 525 Å². The minimum atomic E-state index is -2.30. The highest BCUT2D eigenvalue weighted by Crippen LogP contribution is 2.36. The Kier molecular flexibility index (Phi) is 20.3. The van der Waals surface area contributed by atoms with Gasteiger partial charge in [-0.15, -0.1) is 0 Å². The van der Waals surface area contributed by atoms with E-state index in [0.29, 0.717) is 0 Å². The summed E-state index contributed by atoms with van der Waals surface area (Å²) in [6.45, 7) is -4.95. The maximum Gasteiger partial charge on any atom is 0.187 e. The summed E-state index contributed by atoms with van der Waals surface area (Å²) < 4.78 is 72.6. The second kappa shape index (κ2) is 25.0. The minimum Gasteiger partial charge on any atom is -0.394 e. The Labute approximate surface area is 406 Å². The maximum absolute atomic E-state index is 11.7. The summed E-state index contributed by atoms with van der Waals surface area (Å²) in [5.74, 6) is 0. The Morgan fingerprint density at radius 2 is 0.597 bits per heavy atom. The molecule has 72 heavy (non-hydrogen) atoms. The van der Waals surface area contributed by atoms with Crippen LogP contribution in [0.2, 0.25) is 0 Å². The van der Waals surface area contributed by atoms with Crippen LogP contribution in [0.3, 0.4) is 0 Å². The number of aliphatic hydroxyl groups excluding tert-OH is 20. The molecule has 0 aliphatic carbocycles. The Bertz CT molecular complexity index is 1660. The van der Waals surface area contributed by atoms with E-state index < -0.39 is 243 Å². The number of ether oxygens (including phenoxy) is 13. The highest BCUT2D eigenvalue weighted by Gasteiger charge is 2.56. The van der Waals surface area contributed by atoms with E-state index in [1.807, 2.05) is 0 Å². The van der Waals surface area contributed by atoms with Crippen LogP contribution in [0.25, 0.3) is 0 Å². The van der Waals surface area contributed by atoms with Gasteiger partial charge in [0, 0.05) is 0 Å². The number of aliphatic hydroxyl groups is 20. The van der Waals surface area contributed by atoms with Crippen molar-refractivity contribution in [2.75, 3.05) is 46.2 Å². The van der Waals surface area contributed by atoms with Gasteiger partial charge < -0.3 is 164 Å². The van der Waals surface area contributed by atoms with Crippen molar-refractivity contribution in [2.45, 2.75) is 197 Å². The van der Waals surface area contributed by atoms with Crippen molar-refractivity contribution in [1.29, 1.82) is 0 Å². The summed E-state index contributed by atoms with van der Waals surface area (Å²) in [5.41, 5.74) is 0. The first kappa shape index (κ1) is 58.4. The normalized spacial score (nSPS) is 53.8. The smallest absolute Gasteiger partial charge is 0.187 e. The van der Waals surface area contributed by atoms with E-state index in [0.717, 1.165) is 0 Å². The fourth-order valence-corrected chi connectivity index (χ4v) is 8.85. The van der Waals surface area contributed by atoms with Crippen molar-refractivity contribution in [3.63, 3.8) is 0 Å². The van der Waals surface area contributed by atoms with Crippen molar-refractivity contribution in [3.8, 4) is 0 Å². The Morgan fingerprint density at radius 1 is 0.292 bits per heavy atom. The third-order valence-corrected chi connectivity index (χ3v) is 13.3. The van der Waals surface area contributed by atoms with Gasteiger partial charge in [0.05, 0.1) is 46.2 Å². The predicted molar refractivity (Wildman–Crippen MR) is 214 cm³/mol. The highest BCUT2D eigenvalue weighted by atomic mass is 16.8. The van der Waals surface area contributed by atoms with Crippen LogP contribution in [0.5, 0.6) is 0 Å². The third-order valence-electron chi connectivity index (χ3n) is 13.3. The number of hydrogen-bond acceptors (Lipinski definition) is 33. The van der Waals surface area contributed by atoms with Crippen LogP contribution >= 0.6 is 0 Å². The van der Waals surface area contributed by atoms with Crippen molar-refractivity contribution >= 4 is 0 Å². The largest absolute Gasteiger partial charge is 0.394 e. The van der Waals surface area contributed by atoms with Gasteiger partial charge in [0.15, 0.2) is 44.0 Å². The standard InChI is InChI=1S/C39H66O33/c40-1-11-30(20(49)23(52)33(59)66-11)70-38-28(57)21(50)32(14(68-38)7-65-36-26(55)17(46)10(43)4-62-36)72-39-29(58)22(51)31(13(69-39)6-64-35-25(54)16(45)9(42)3-61-35)71-37-27(56)19(48)18(47)12(67-37)5-63-34-24(53)15(44)8(41)2-60-34/h8-59H,1-7H2/t8-,9-,10-,11?,12?,13?,14?,15+,16?,17+,18-,19+,20-,21-,22-,23?,24?,25?,26?,27?,28?,29?,30-,31-,32-,33-,34-,35-,36-,37+,38+,39+/m1/s1. The van der Waals surface area contributed by atoms with Crippen LogP contribution in [0.1, 0.15) is 0 Å². The van der Waals surface area contributed by atoms with E-state index in [2.05, 4.69) is 0 Å². The van der Waals surface area contributed by atoms with Gasteiger partial charge in [-0.25, -0.2) is 0 Å². The molecule has 0 radical (unpaired) electrons. The second-order valence-corrected chi connectivity index (χ2v) is 18.3. The molecule has 7 saturated heterocycles. The lowest BCUT2D eigenvalue weighted by Gasteiger charge is -2.49. The quantitative estimate of drug-likeness (QED) is 0.0682. The van der Waals surface area contributed by atoms with Crippen LogP contribution < -0.4 is 0 Å². The van der Waals surface area contributed by atoms with Crippen molar-refractivity contribution in [2.24, 2.45) is 0 Å². The zero-order valence-corrected chi connectivity index (χ0v) is 37.7. The SMILES string of the molecule is OCC1O[C@@H](O)C(O)[C@@H](O)[C@@H]1O[C@@H]1OC(CO[C@H]2OC[C@@H](O)[C@H](O)C2O)[C@@H](O[C@@H]2OC(CO[C@H]3OC[C@@H](O)C(O)C3O)[C@@H](O[C@@H]3OC(CO[C@H]4OC[C@@H](O)[C@H](O)C4O)[C@@H](O)[C@H](O)C3O)[C@H](O)C2O)[C@H](O)C1O. The average Bonchev–Trinajstić information content (AvgIpc) is 3.36. The second-order valence-electron chi connectivity index (χ2n) is 18.3. The molecular formula is C39H66O33. The summed E-state index contributed by atoms with van der Waals surface area (Å²) in [6, 6.07) is 0. The van der Waals surface area contributed by atoms with Gasteiger partial charge in [0.1, 0.15) is 153 Å². The lowest BCUT2D eigenvalue weighted by atomic mass is 9.95. The Morgan fingerprint density at radius 3 is 0.972 bits per heavy atom. The molecule has 7 aliphatic rings. The molecule has 7 heterocycles. The molecule has 0 spiro atoms. The summed E-state index contributed by atoms with van der Waals surface area (Å²) in [4.78, 5) is 0. The molecule has 32 atom stereocenters. The molecule has 33 nitrogen and oxygen atoms in total. The number of hydrogen-bond donors (Lipinski definition) is 20. The molecule has 420 valence electrons. The van der Waals surface area contributed by atoms with E-state index in [9.17, 15) is 102 Å². The van der Waals surface area contributed by atoms with Crippen LogP contribution in [0.15, 0.2) is 0 Å². The van der Waals surface area contributed by atoms with Crippen LogP contribution in [0, 0.1) is 0 Å². The molecular weight excluding hydrogens is 996 g/mol. The monoisotopic (exact) mass is 1060 g/mol. The van der Waals surface area contributed by atoms with Gasteiger partial charge in [-0.05, 0) is 0 Å². The first-order valence-electron chi connectivity index (χ1n) is 22.9. The van der Waals surface area contributed by atoms with E-state index in [-0.39, 0.29) is 0 Å². The lowest BCUT2D eigenvalue weighted by Crippen LogP contribution is -2.68. The molecule has 7 aliphatic heterocycles. The summed E-state index contributed by atoms with van der Waals surface area (Å²) in [6.07, 6.45) is -60.4. The van der Waals surface area contributed by atoms with Crippen molar-refractivity contribution < 1.29 is 164 Å². The summed E-state index contributed by atoms with van der Waals surface area (Å²) in [7, 11) is 0. The molecule has 0 amide bonds. The van der Waals surface area contributed by atoms with Crippen molar-refractivity contribution in [1.82, 2.24) is 0 Å². The van der Waals surface area contributed by atoms with E-state index in [1.54, 1.807) is 0 Å². The summed E-state index contributed by atoms with van der Waals surface area (Å²) in [5, 5.41) is 211. The minimum absolute atomic E-state index is 0.471. The van der Waals surface area contributed by atoms with Gasteiger partial charge in [-0.3, -0.25) is 0 Å². The molecule has 12 unspecified atom stereocenters. The van der Waals surface area contributed by atoms with E-state index in [4.69, 9.17) is 61.6 Å². The molecule has 7 rings (SSSR count). The molecule has 0 aromatic heterocycles. The van der Waals surface area contributed by atoms with E-state index in [1.165, 1.54) is 0 Å². The van der Waals surface area contributed by atoms with Crippen molar-refractivity contribution in [3.05, 3.63) is 0 Å². The number of rotatable bonds is 16. The Hall–Kier alpha value is -1.32. The van der Waals surface area contributed by atoms with Gasteiger partial charge in [0.2, 0.25) is 0 Å². The van der Waals surface area contributed by atoms with Gasteiger partial charge in [-0.1, -0.05) is 0 Å².